The Hall–Kier alpha value is -1.06. The van der Waals surface area contributed by atoms with E-state index in [2.05, 4.69) is 24.9 Å². The van der Waals surface area contributed by atoms with Gasteiger partial charge in [-0.1, -0.05) is 18.2 Å². The molecule has 3 heteroatoms. The second kappa shape index (κ2) is 6.51. The first-order valence-corrected chi connectivity index (χ1v) is 5.71. The maximum absolute atomic E-state index is 5.55. The number of hydrogen-bond acceptors (Lipinski definition) is 3. The highest BCUT2D eigenvalue weighted by Gasteiger charge is 2.11. The Morgan fingerprint density at radius 3 is 2.69 bits per heavy atom. The van der Waals surface area contributed by atoms with Crippen molar-refractivity contribution < 1.29 is 4.74 Å². The van der Waals surface area contributed by atoms with Crippen molar-refractivity contribution in [3.05, 3.63) is 29.8 Å². The highest BCUT2D eigenvalue weighted by atomic mass is 16.5. The molecule has 0 bridgehead atoms. The van der Waals surface area contributed by atoms with E-state index in [1.165, 1.54) is 5.56 Å². The Kier molecular flexibility index (Phi) is 5.29. The largest absolute Gasteiger partial charge is 0.496 e. The van der Waals surface area contributed by atoms with Gasteiger partial charge in [0.05, 0.1) is 7.11 Å². The van der Waals surface area contributed by atoms with E-state index in [4.69, 9.17) is 10.5 Å². The molecule has 0 aliphatic heterocycles. The van der Waals surface area contributed by atoms with Crippen molar-refractivity contribution in [3.8, 4) is 5.75 Å². The molecular weight excluding hydrogens is 200 g/mol. The van der Waals surface area contributed by atoms with Gasteiger partial charge in [-0.05, 0) is 32.0 Å². The number of hydrogen-bond donors (Lipinski definition) is 1. The molecule has 3 nitrogen and oxygen atoms in total. The van der Waals surface area contributed by atoms with Crippen LogP contribution in [-0.4, -0.2) is 38.2 Å². The van der Waals surface area contributed by atoms with Crippen LogP contribution in [0.1, 0.15) is 12.5 Å². The van der Waals surface area contributed by atoms with Crippen LogP contribution in [0.5, 0.6) is 5.75 Å². The van der Waals surface area contributed by atoms with E-state index in [-0.39, 0.29) is 0 Å². The molecule has 1 atom stereocenters. The molecule has 0 aliphatic rings. The first kappa shape index (κ1) is 13.0. The number of ether oxygens (including phenoxy) is 1. The van der Waals surface area contributed by atoms with Gasteiger partial charge in [0.25, 0.3) is 0 Å². The summed E-state index contributed by atoms with van der Waals surface area (Å²) in [5.74, 6) is 0.968. The lowest BCUT2D eigenvalue weighted by molar-refractivity contribution is 0.261. The van der Waals surface area contributed by atoms with Crippen LogP contribution in [0.15, 0.2) is 24.3 Å². The van der Waals surface area contributed by atoms with Crippen LogP contribution in [0.2, 0.25) is 0 Å². The van der Waals surface area contributed by atoms with Gasteiger partial charge in [0.15, 0.2) is 0 Å². The molecule has 0 heterocycles. The average Bonchev–Trinajstić information content (AvgIpc) is 2.30. The van der Waals surface area contributed by atoms with Crippen molar-refractivity contribution in [3.63, 3.8) is 0 Å². The summed E-state index contributed by atoms with van der Waals surface area (Å²) in [6.45, 7) is 3.84. The van der Waals surface area contributed by atoms with Crippen molar-refractivity contribution in [1.82, 2.24) is 4.90 Å². The number of rotatable bonds is 6. The third kappa shape index (κ3) is 3.51. The molecule has 2 N–H and O–H groups in total. The summed E-state index contributed by atoms with van der Waals surface area (Å²) in [6.07, 6.45) is 0.987. The van der Waals surface area contributed by atoms with E-state index < -0.39 is 0 Å². The molecule has 1 aromatic rings. The van der Waals surface area contributed by atoms with Gasteiger partial charge in [0, 0.05) is 19.1 Å². The third-order valence-electron chi connectivity index (χ3n) is 2.94. The molecule has 1 aromatic carbocycles. The molecule has 0 radical (unpaired) electrons. The summed E-state index contributed by atoms with van der Waals surface area (Å²) in [5, 5.41) is 0. The Balaban J connectivity index is 2.64. The van der Waals surface area contributed by atoms with E-state index in [0.29, 0.717) is 12.6 Å². The van der Waals surface area contributed by atoms with Crippen LogP contribution in [0.25, 0.3) is 0 Å². The van der Waals surface area contributed by atoms with Crippen molar-refractivity contribution in [2.75, 3.05) is 27.2 Å². The number of methoxy groups -OCH3 is 1. The number of para-hydroxylation sites is 1. The zero-order valence-corrected chi connectivity index (χ0v) is 10.4. The quantitative estimate of drug-likeness (QED) is 0.793. The molecule has 0 saturated heterocycles. The van der Waals surface area contributed by atoms with Crippen LogP contribution in [-0.2, 0) is 6.42 Å². The van der Waals surface area contributed by atoms with E-state index in [1.807, 2.05) is 18.2 Å². The first-order valence-electron chi connectivity index (χ1n) is 5.71. The predicted molar refractivity (Wildman–Crippen MR) is 67.8 cm³/mol. The summed E-state index contributed by atoms with van der Waals surface area (Å²) in [6, 6.07) is 8.64. The minimum atomic E-state index is 0.472. The topological polar surface area (TPSA) is 38.5 Å². The zero-order chi connectivity index (χ0) is 12.0. The summed E-state index contributed by atoms with van der Waals surface area (Å²) >= 11 is 0. The number of benzene rings is 1. The lowest BCUT2D eigenvalue weighted by Gasteiger charge is -2.24. The van der Waals surface area contributed by atoms with Crippen LogP contribution in [0.3, 0.4) is 0 Å². The Morgan fingerprint density at radius 1 is 1.38 bits per heavy atom. The van der Waals surface area contributed by atoms with Crippen molar-refractivity contribution in [2.24, 2.45) is 5.73 Å². The van der Waals surface area contributed by atoms with Gasteiger partial charge in [-0.25, -0.2) is 0 Å². The lowest BCUT2D eigenvalue weighted by atomic mass is 10.1. The molecule has 0 fully saturated rings. The normalized spacial score (nSPS) is 12.8. The molecule has 1 unspecified atom stereocenters. The number of likely N-dealkylation sites (N-methyl/N-ethyl adjacent to an activating group) is 1. The Morgan fingerprint density at radius 2 is 2.06 bits per heavy atom. The summed E-state index contributed by atoms with van der Waals surface area (Å²) in [7, 11) is 3.82. The summed E-state index contributed by atoms with van der Waals surface area (Å²) < 4.78 is 5.34. The third-order valence-corrected chi connectivity index (χ3v) is 2.94. The fourth-order valence-corrected chi connectivity index (χ4v) is 1.77. The van der Waals surface area contributed by atoms with Crippen LogP contribution in [0.4, 0.5) is 0 Å². The van der Waals surface area contributed by atoms with E-state index in [0.717, 1.165) is 18.7 Å². The van der Waals surface area contributed by atoms with Gasteiger partial charge in [-0.3, -0.25) is 0 Å². The average molecular weight is 222 g/mol. The predicted octanol–water partition coefficient (Wildman–Crippen LogP) is 1.52. The minimum Gasteiger partial charge on any atom is -0.496 e. The number of nitrogens with two attached hydrogens (primary N) is 1. The molecular formula is C13H22N2O. The highest BCUT2D eigenvalue weighted by Crippen LogP contribution is 2.19. The summed E-state index contributed by atoms with van der Waals surface area (Å²) in [5.41, 5.74) is 6.80. The van der Waals surface area contributed by atoms with Gasteiger partial charge < -0.3 is 15.4 Å². The van der Waals surface area contributed by atoms with Crippen molar-refractivity contribution in [2.45, 2.75) is 19.4 Å². The highest BCUT2D eigenvalue weighted by molar-refractivity contribution is 5.33. The van der Waals surface area contributed by atoms with E-state index in [9.17, 15) is 0 Å². The molecule has 0 aliphatic carbocycles. The van der Waals surface area contributed by atoms with Gasteiger partial charge in [0.1, 0.15) is 5.75 Å². The molecule has 16 heavy (non-hydrogen) atoms. The van der Waals surface area contributed by atoms with Crippen molar-refractivity contribution >= 4 is 0 Å². The molecule has 90 valence electrons. The van der Waals surface area contributed by atoms with Crippen LogP contribution >= 0.6 is 0 Å². The minimum absolute atomic E-state index is 0.472. The molecule has 0 saturated carbocycles. The molecule has 0 aromatic heterocycles. The second-order valence-electron chi connectivity index (χ2n) is 4.13. The van der Waals surface area contributed by atoms with E-state index in [1.54, 1.807) is 7.11 Å². The second-order valence-corrected chi connectivity index (χ2v) is 4.13. The van der Waals surface area contributed by atoms with Gasteiger partial charge in [0.2, 0.25) is 0 Å². The standard InChI is InChI=1S/C13H22N2O/c1-11(15(2)9-8-14)10-12-6-4-5-7-13(12)16-3/h4-7,11H,8-10,14H2,1-3H3. The Labute approximate surface area is 98.2 Å². The summed E-state index contributed by atoms with van der Waals surface area (Å²) in [4.78, 5) is 2.27. The van der Waals surface area contributed by atoms with Crippen LogP contribution < -0.4 is 10.5 Å². The van der Waals surface area contributed by atoms with Crippen LogP contribution in [0, 0.1) is 0 Å². The fourth-order valence-electron chi connectivity index (χ4n) is 1.77. The zero-order valence-electron chi connectivity index (χ0n) is 10.4. The first-order chi connectivity index (χ1) is 7.69. The van der Waals surface area contributed by atoms with Gasteiger partial charge >= 0.3 is 0 Å². The van der Waals surface area contributed by atoms with Gasteiger partial charge in [-0.2, -0.15) is 0 Å². The van der Waals surface area contributed by atoms with Crippen molar-refractivity contribution in [1.29, 1.82) is 0 Å². The maximum Gasteiger partial charge on any atom is 0.122 e. The molecule has 1 rings (SSSR count). The van der Waals surface area contributed by atoms with Gasteiger partial charge in [-0.15, -0.1) is 0 Å². The number of nitrogens with zero attached hydrogens (tertiary/aromatic N) is 1. The monoisotopic (exact) mass is 222 g/mol. The molecule has 0 amide bonds. The lowest BCUT2D eigenvalue weighted by Crippen LogP contribution is -2.34. The smallest absolute Gasteiger partial charge is 0.122 e. The Bertz CT molecular complexity index is 315. The SMILES string of the molecule is COc1ccccc1CC(C)N(C)CCN. The maximum atomic E-state index is 5.55. The molecule has 0 spiro atoms. The van der Waals surface area contributed by atoms with E-state index >= 15 is 0 Å². The fraction of sp³-hybridized carbons (Fsp3) is 0.538.